The standard InChI is InChI=1S/C40H32N6/c41-24-25-42-40-35-22-20-33(45-35)38(27-12-6-2-7-13-27)31-18-16-29(43-31)37(26-10-4-1-5-11-26)30-17-19-32(44-30)39(28-14-8-3-9-15-28)34-21-23-36(40)46-34/h1-23,42-43,46H,24-25,41H2. The van der Waals surface area contributed by atoms with Crippen LogP contribution in [0.15, 0.2) is 115 Å². The summed E-state index contributed by atoms with van der Waals surface area (Å²) in [5.74, 6) is 0. The molecule has 6 nitrogen and oxygen atoms in total. The molecule has 0 spiro atoms. The number of hydrogen-bond donors (Lipinski definition) is 4. The third-order valence-electron chi connectivity index (χ3n) is 8.39. The number of nitrogens with two attached hydrogens (primary N) is 1. The summed E-state index contributed by atoms with van der Waals surface area (Å²) in [6.45, 7) is 1.11. The summed E-state index contributed by atoms with van der Waals surface area (Å²) in [6, 6.07) is 39.8. The normalized spacial score (nSPS) is 12.0. The maximum atomic E-state index is 5.96. The summed E-state index contributed by atoms with van der Waals surface area (Å²) in [5, 5.41) is 3.55. The van der Waals surface area contributed by atoms with Crippen molar-refractivity contribution < 1.29 is 0 Å². The molecule has 2 aliphatic heterocycles. The Morgan fingerprint density at radius 2 is 0.826 bits per heavy atom. The van der Waals surface area contributed by atoms with Crippen LogP contribution in [0.1, 0.15) is 22.8 Å². The van der Waals surface area contributed by atoms with E-state index in [0.29, 0.717) is 13.1 Å². The van der Waals surface area contributed by atoms with Crippen molar-refractivity contribution in [1.82, 2.24) is 19.9 Å². The fourth-order valence-corrected chi connectivity index (χ4v) is 6.31. The van der Waals surface area contributed by atoms with Crippen molar-refractivity contribution in [3.8, 4) is 33.4 Å². The van der Waals surface area contributed by atoms with Crippen molar-refractivity contribution in [2.24, 2.45) is 5.73 Å². The molecule has 0 atom stereocenters. The van der Waals surface area contributed by atoms with Gasteiger partial charge in [-0.15, -0.1) is 0 Å². The number of H-pyrrole nitrogens is 2. The summed E-state index contributed by atoms with van der Waals surface area (Å²) < 4.78 is 0. The van der Waals surface area contributed by atoms with E-state index in [1.807, 2.05) is 18.2 Å². The molecule has 5 heterocycles. The summed E-state index contributed by atoms with van der Waals surface area (Å²) in [7, 11) is 0. The van der Waals surface area contributed by atoms with Crippen LogP contribution in [0.2, 0.25) is 0 Å². The molecule has 6 heteroatoms. The molecule has 0 fully saturated rings. The van der Waals surface area contributed by atoms with Crippen molar-refractivity contribution in [3.05, 3.63) is 138 Å². The Hall–Kier alpha value is -5.98. The van der Waals surface area contributed by atoms with Crippen LogP contribution in [0.5, 0.6) is 0 Å². The Bertz CT molecular complexity index is 2240. The molecule has 0 unspecified atom stereocenters. The molecule has 0 saturated heterocycles. The third kappa shape index (κ3) is 5.01. The van der Waals surface area contributed by atoms with Gasteiger partial charge in [-0.2, -0.15) is 0 Å². The Balaban J connectivity index is 1.55. The zero-order chi connectivity index (χ0) is 30.9. The van der Waals surface area contributed by atoms with E-state index in [9.17, 15) is 0 Å². The average molecular weight is 597 g/mol. The molecule has 0 amide bonds. The minimum absolute atomic E-state index is 0.499. The molecule has 46 heavy (non-hydrogen) atoms. The van der Waals surface area contributed by atoms with Crippen molar-refractivity contribution in [1.29, 1.82) is 0 Å². The molecule has 222 valence electrons. The van der Waals surface area contributed by atoms with Gasteiger partial charge in [0.1, 0.15) is 0 Å². The third-order valence-corrected chi connectivity index (χ3v) is 8.39. The second-order valence-electron chi connectivity index (χ2n) is 11.3. The lowest BCUT2D eigenvalue weighted by Crippen LogP contribution is -2.13. The van der Waals surface area contributed by atoms with E-state index in [1.165, 1.54) is 0 Å². The zero-order valence-electron chi connectivity index (χ0n) is 25.2. The summed E-state index contributed by atoms with van der Waals surface area (Å²) in [6.07, 6.45) is 8.41. The molecule has 3 aromatic carbocycles. The lowest BCUT2D eigenvalue weighted by atomic mass is 10.0. The van der Waals surface area contributed by atoms with Crippen molar-refractivity contribution in [2.45, 2.75) is 0 Å². The molecule has 5 N–H and O–H groups in total. The maximum Gasteiger partial charge on any atom is 0.0890 e. The minimum Gasteiger partial charge on any atom is -0.380 e. The number of anilines is 1. The van der Waals surface area contributed by atoms with Crippen LogP contribution in [0.4, 0.5) is 5.69 Å². The van der Waals surface area contributed by atoms with Gasteiger partial charge in [0.15, 0.2) is 0 Å². The molecule has 8 rings (SSSR count). The van der Waals surface area contributed by atoms with E-state index in [4.69, 9.17) is 15.7 Å². The van der Waals surface area contributed by atoms with Crippen molar-refractivity contribution in [2.75, 3.05) is 18.4 Å². The first-order valence-electron chi connectivity index (χ1n) is 15.5. The SMILES string of the molecule is NCCNc1c2nc(c(-c3ccccc3)c3ccc([nH]3)c(-c3ccccc3)c3nc(c(-c4ccccc4)c4ccc1[nH]4)C=C3)C=C2. The number of nitrogens with zero attached hydrogens (tertiary/aromatic N) is 2. The molecule has 8 bridgehead atoms. The Morgan fingerprint density at radius 1 is 0.457 bits per heavy atom. The van der Waals surface area contributed by atoms with Gasteiger partial charge in [-0.1, -0.05) is 91.0 Å². The van der Waals surface area contributed by atoms with Gasteiger partial charge in [-0.05, 0) is 65.3 Å². The number of benzene rings is 3. The minimum atomic E-state index is 0.499. The average Bonchev–Trinajstić information content (AvgIpc) is 3.93. The van der Waals surface area contributed by atoms with Crippen LogP contribution in [-0.2, 0) is 0 Å². The molecule has 6 aromatic rings. The number of rotatable bonds is 6. The Kier molecular flexibility index (Phi) is 7.09. The number of aromatic amines is 2. The van der Waals surface area contributed by atoms with E-state index in [-0.39, 0.29) is 0 Å². The van der Waals surface area contributed by atoms with E-state index < -0.39 is 0 Å². The number of aromatic nitrogens is 4. The van der Waals surface area contributed by atoms with Crippen molar-refractivity contribution in [3.63, 3.8) is 0 Å². The lowest BCUT2D eigenvalue weighted by Gasteiger charge is -2.07. The summed E-state index contributed by atoms with van der Waals surface area (Å²) in [4.78, 5) is 18.0. The van der Waals surface area contributed by atoms with Crippen LogP contribution in [0, 0.1) is 0 Å². The van der Waals surface area contributed by atoms with Crippen LogP contribution in [0.3, 0.4) is 0 Å². The first-order chi connectivity index (χ1) is 22.8. The smallest absolute Gasteiger partial charge is 0.0890 e. The van der Waals surface area contributed by atoms with Gasteiger partial charge in [0.25, 0.3) is 0 Å². The monoisotopic (exact) mass is 596 g/mol. The van der Waals surface area contributed by atoms with Gasteiger partial charge < -0.3 is 21.0 Å². The molecule has 3 aromatic heterocycles. The van der Waals surface area contributed by atoms with Gasteiger partial charge in [0, 0.05) is 46.3 Å². The first kappa shape index (κ1) is 27.6. The van der Waals surface area contributed by atoms with Gasteiger partial charge in [-0.3, -0.25) is 0 Å². The molecule has 0 saturated carbocycles. The quantitative estimate of drug-likeness (QED) is 0.154. The second-order valence-corrected chi connectivity index (χ2v) is 11.3. The van der Waals surface area contributed by atoms with Gasteiger partial charge >= 0.3 is 0 Å². The largest absolute Gasteiger partial charge is 0.380 e. The number of hydrogen-bond acceptors (Lipinski definition) is 4. The highest BCUT2D eigenvalue weighted by Crippen LogP contribution is 2.37. The van der Waals surface area contributed by atoms with Crippen LogP contribution < -0.4 is 11.1 Å². The number of nitrogens with one attached hydrogen (secondary N) is 3. The zero-order valence-corrected chi connectivity index (χ0v) is 25.2. The summed E-state index contributed by atoms with van der Waals surface area (Å²) >= 11 is 0. The van der Waals surface area contributed by atoms with Gasteiger partial charge in [0.05, 0.1) is 34.0 Å². The molecule has 2 aliphatic rings. The van der Waals surface area contributed by atoms with Gasteiger partial charge in [-0.25, -0.2) is 9.97 Å². The van der Waals surface area contributed by atoms with E-state index in [0.717, 1.165) is 83.9 Å². The molecule has 0 aliphatic carbocycles. The highest BCUT2D eigenvalue weighted by molar-refractivity contribution is 5.98. The van der Waals surface area contributed by atoms with Crippen LogP contribution in [-0.4, -0.2) is 33.0 Å². The Morgan fingerprint density at radius 3 is 1.26 bits per heavy atom. The first-order valence-corrected chi connectivity index (χ1v) is 15.5. The van der Waals surface area contributed by atoms with E-state index in [1.54, 1.807) is 0 Å². The lowest BCUT2D eigenvalue weighted by molar-refractivity contribution is 1.02. The second kappa shape index (κ2) is 11.8. The molecule has 0 radical (unpaired) electrons. The van der Waals surface area contributed by atoms with Crippen LogP contribution in [0.25, 0.3) is 79.8 Å². The van der Waals surface area contributed by atoms with Crippen LogP contribution >= 0.6 is 0 Å². The highest BCUT2D eigenvalue weighted by atomic mass is 14.9. The molecular formula is C40H32N6. The van der Waals surface area contributed by atoms with Crippen molar-refractivity contribution >= 4 is 52.1 Å². The summed E-state index contributed by atoms with van der Waals surface area (Å²) in [5.41, 5.74) is 20.6. The maximum absolute atomic E-state index is 5.96. The highest BCUT2D eigenvalue weighted by Gasteiger charge is 2.18. The Labute approximate surface area is 267 Å². The van der Waals surface area contributed by atoms with E-state index >= 15 is 0 Å². The van der Waals surface area contributed by atoms with E-state index in [2.05, 4.69) is 137 Å². The number of fused-ring (bicyclic) bond motifs is 8. The fourth-order valence-electron chi connectivity index (χ4n) is 6.31. The fraction of sp³-hybridized carbons (Fsp3) is 0.0500. The molecular weight excluding hydrogens is 564 g/mol. The topological polar surface area (TPSA) is 95.4 Å². The predicted molar refractivity (Wildman–Crippen MR) is 193 cm³/mol. The van der Waals surface area contributed by atoms with Gasteiger partial charge in [0.2, 0.25) is 0 Å². The predicted octanol–water partition coefficient (Wildman–Crippen LogP) is 9.03.